The van der Waals surface area contributed by atoms with Gasteiger partial charge >= 0.3 is 0 Å². The summed E-state index contributed by atoms with van der Waals surface area (Å²) in [5.41, 5.74) is 0.876. The average molecular weight is 265 g/mol. The summed E-state index contributed by atoms with van der Waals surface area (Å²) in [7, 11) is 0. The SMILES string of the molecule is CC/C=C\n1c(C)nc(C)c(N=CC(C)S)c1=O. The van der Waals surface area contributed by atoms with Crippen molar-refractivity contribution >= 4 is 30.7 Å². The second-order valence-electron chi connectivity index (χ2n) is 4.08. The smallest absolute Gasteiger partial charge is 0.270 e. The van der Waals surface area contributed by atoms with Gasteiger partial charge in [0.2, 0.25) is 0 Å². The van der Waals surface area contributed by atoms with Crippen molar-refractivity contribution in [3.63, 3.8) is 0 Å². The van der Waals surface area contributed by atoms with Gasteiger partial charge in [0.25, 0.3) is 5.56 Å². The molecule has 1 rings (SSSR count). The maximum Gasteiger partial charge on any atom is 0.283 e. The fraction of sp³-hybridized carbons (Fsp3) is 0.462. The average Bonchev–Trinajstić information content (AvgIpc) is 2.27. The number of hydrogen-bond donors (Lipinski definition) is 1. The quantitative estimate of drug-likeness (QED) is 0.672. The molecule has 0 N–H and O–H groups in total. The van der Waals surface area contributed by atoms with Crippen molar-refractivity contribution in [3.05, 3.63) is 27.9 Å². The summed E-state index contributed by atoms with van der Waals surface area (Å²) in [4.78, 5) is 20.8. The molecule has 0 saturated carbocycles. The first-order valence-electron chi connectivity index (χ1n) is 5.96. The molecule has 1 unspecified atom stereocenters. The molecule has 0 radical (unpaired) electrons. The third kappa shape index (κ3) is 3.57. The second-order valence-corrected chi connectivity index (χ2v) is 4.89. The molecule has 1 aromatic heterocycles. The molecule has 98 valence electrons. The van der Waals surface area contributed by atoms with Crippen molar-refractivity contribution in [2.24, 2.45) is 4.99 Å². The van der Waals surface area contributed by atoms with E-state index in [4.69, 9.17) is 0 Å². The summed E-state index contributed by atoms with van der Waals surface area (Å²) in [6.45, 7) is 7.50. The number of aryl methyl sites for hydroxylation is 2. The van der Waals surface area contributed by atoms with Crippen molar-refractivity contribution in [1.82, 2.24) is 9.55 Å². The molecule has 5 heteroatoms. The Hall–Kier alpha value is -1.36. The summed E-state index contributed by atoms with van der Waals surface area (Å²) >= 11 is 4.21. The van der Waals surface area contributed by atoms with E-state index in [0.29, 0.717) is 17.2 Å². The molecule has 0 aliphatic rings. The van der Waals surface area contributed by atoms with Crippen LogP contribution in [0.1, 0.15) is 31.8 Å². The molecule has 0 amide bonds. The third-order valence-corrected chi connectivity index (χ3v) is 2.49. The molecule has 0 saturated heterocycles. The number of nitrogens with zero attached hydrogens (tertiary/aromatic N) is 3. The van der Waals surface area contributed by atoms with Crippen LogP contribution in [0.15, 0.2) is 15.9 Å². The lowest BCUT2D eigenvalue weighted by molar-refractivity contribution is 0.888. The van der Waals surface area contributed by atoms with Crippen LogP contribution in [-0.2, 0) is 0 Å². The lowest BCUT2D eigenvalue weighted by atomic mass is 10.3. The van der Waals surface area contributed by atoms with Gasteiger partial charge in [-0.15, -0.1) is 0 Å². The molecule has 0 aliphatic heterocycles. The van der Waals surface area contributed by atoms with Crippen LogP contribution >= 0.6 is 12.6 Å². The zero-order valence-corrected chi connectivity index (χ0v) is 12.1. The van der Waals surface area contributed by atoms with Crippen molar-refractivity contribution in [2.45, 2.75) is 39.4 Å². The van der Waals surface area contributed by atoms with Gasteiger partial charge in [-0.05, 0) is 27.2 Å². The van der Waals surface area contributed by atoms with Gasteiger partial charge < -0.3 is 0 Å². The van der Waals surface area contributed by atoms with E-state index in [9.17, 15) is 4.79 Å². The number of aliphatic imine (C=N–C) groups is 1. The molecule has 0 spiro atoms. The summed E-state index contributed by atoms with van der Waals surface area (Å²) < 4.78 is 1.52. The Kier molecular flexibility index (Phi) is 5.34. The summed E-state index contributed by atoms with van der Waals surface area (Å²) in [5, 5.41) is 0.00439. The van der Waals surface area contributed by atoms with Crippen molar-refractivity contribution < 1.29 is 0 Å². The fourth-order valence-corrected chi connectivity index (χ4v) is 1.55. The predicted molar refractivity (Wildman–Crippen MR) is 80.2 cm³/mol. The summed E-state index contributed by atoms with van der Waals surface area (Å²) in [5.74, 6) is 0.667. The first kappa shape index (κ1) is 14.7. The fourth-order valence-electron chi connectivity index (χ4n) is 1.48. The zero-order chi connectivity index (χ0) is 13.7. The van der Waals surface area contributed by atoms with Crippen molar-refractivity contribution in [3.8, 4) is 0 Å². The van der Waals surface area contributed by atoms with Crippen LogP contribution in [0.5, 0.6) is 0 Å². The van der Waals surface area contributed by atoms with Crippen LogP contribution in [-0.4, -0.2) is 21.0 Å². The first-order chi connectivity index (χ1) is 8.47. The van der Waals surface area contributed by atoms with Crippen LogP contribution in [0.4, 0.5) is 5.69 Å². The second kappa shape index (κ2) is 6.54. The van der Waals surface area contributed by atoms with E-state index >= 15 is 0 Å². The maximum atomic E-state index is 12.3. The molecular weight excluding hydrogens is 246 g/mol. The minimum absolute atomic E-state index is 0.00439. The van der Waals surface area contributed by atoms with Gasteiger partial charge in [-0.25, -0.2) is 4.98 Å². The molecule has 4 nitrogen and oxygen atoms in total. The van der Waals surface area contributed by atoms with E-state index in [-0.39, 0.29) is 10.8 Å². The molecule has 0 aromatic carbocycles. The number of rotatable bonds is 4. The van der Waals surface area contributed by atoms with Crippen LogP contribution in [0.2, 0.25) is 0 Å². The topological polar surface area (TPSA) is 47.2 Å². The molecular formula is C13H19N3OS. The number of aromatic nitrogens is 2. The summed E-state index contributed by atoms with van der Waals surface area (Å²) in [6, 6.07) is 0. The highest BCUT2D eigenvalue weighted by atomic mass is 32.1. The number of hydrogen-bond acceptors (Lipinski definition) is 4. The first-order valence-corrected chi connectivity index (χ1v) is 6.47. The molecule has 1 aromatic rings. The van der Waals surface area contributed by atoms with Crippen molar-refractivity contribution in [1.29, 1.82) is 0 Å². The van der Waals surface area contributed by atoms with Crippen LogP contribution in [0.25, 0.3) is 6.20 Å². The molecule has 18 heavy (non-hydrogen) atoms. The van der Waals surface area contributed by atoms with Crippen LogP contribution in [0.3, 0.4) is 0 Å². The minimum atomic E-state index is -0.144. The van der Waals surface area contributed by atoms with Gasteiger partial charge in [-0.3, -0.25) is 14.4 Å². The standard InChI is InChI=1S/C13H19N3OS/c1-5-6-7-16-11(4)15-10(3)12(13(16)17)14-8-9(2)18/h6-9,18H,5H2,1-4H3/b7-6-,14-8?. The highest BCUT2D eigenvalue weighted by Gasteiger charge is 2.09. The Morgan fingerprint density at radius 1 is 1.50 bits per heavy atom. The lowest BCUT2D eigenvalue weighted by Crippen LogP contribution is -2.20. The highest BCUT2D eigenvalue weighted by molar-refractivity contribution is 7.81. The van der Waals surface area contributed by atoms with E-state index in [1.54, 1.807) is 19.3 Å². The molecule has 1 atom stereocenters. The maximum absolute atomic E-state index is 12.3. The molecule has 1 heterocycles. The Bertz CT molecular complexity index is 530. The normalized spacial score (nSPS) is 13.6. The summed E-state index contributed by atoms with van der Waals surface area (Å²) in [6.07, 6.45) is 6.16. The van der Waals surface area contributed by atoms with Crippen LogP contribution in [0, 0.1) is 13.8 Å². The van der Waals surface area contributed by atoms with Gasteiger partial charge in [-0.2, -0.15) is 12.6 Å². The van der Waals surface area contributed by atoms with Gasteiger partial charge in [-0.1, -0.05) is 13.0 Å². The molecule has 0 aliphatic carbocycles. The molecule has 0 bridgehead atoms. The van der Waals surface area contributed by atoms with E-state index in [1.807, 2.05) is 26.8 Å². The van der Waals surface area contributed by atoms with Crippen molar-refractivity contribution in [2.75, 3.05) is 0 Å². The van der Waals surface area contributed by atoms with Gasteiger partial charge in [0.05, 0.1) is 5.69 Å². The Morgan fingerprint density at radius 3 is 2.72 bits per heavy atom. The lowest BCUT2D eigenvalue weighted by Gasteiger charge is -2.07. The highest BCUT2D eigenvalue weighted by Crippen LogP contribution is 2.11. The van der Waals surface area contributed by atoms with Gasteiger partial charge in [0.1, 0.15) is 11.5 Å². The Labute approximate surface area is 113 Å². The van der Waals surface area contributed by atoms with Gasteiger partial charge in [0.15, 0.2) is 0 Å². The Balaban J connectivity index is 3.36. The van der Waals surface area contributed by atoms with Gasteiger partial charge in [0, 0.05) is 17.7 Å². The van der Waals surface area contributed by atoms with Crippen LogP contribution < -0.4 is 5.56 Å². The van der Waals surface area contributed by atoms with E-state index in [1.165, 1.54) is 4.57 Å². The third-order valence-electron chi connectivity index (χ3n) is 2.35. The van der Waals surface area contributed by atoms with E-state index < -0.39 is 0 Å². The predicted octanol–water partition coefficient (Wildman–Crippen LogP) is 2.76. The van der Waals surface area contributed by atoms with E-state index in [0.717, 1.165) is 6.42 Å². The monoisotopic (exact) mass is 265 g/mol. The minimum Gasteiger partial charge on any atom is -0.270 e. The van der Waals surface area contributed by atoms with E-state index in [2.05, 4.69) is 22.6 Å². The zero-order valence-electron chi connectivity index (χ0n) is 11.2. The number of thiol groups is 1. The molecule has 0 fully saturated rings. The number of allylic oxidation sites excluding steroid dienone is 1. The largest absolute Gasteiger partial charge is 0.283 e. The Morgan fingerprint density at radius 2 is 2.17 bits per heavy atom.